The summed E-state index contributed by atoms with van der Waals surface area (Å²) in [5, 5.41) is 0. The quantitative estimate of drug-likeness (QED) is 0.725. The maximum Gasteiger partial charge on any atom is 0.371 e. The van der Waals surface area contributed by atoms with Crippen LogP contribution in [-0.4, -0.2) is 59.4 Å². The van der Waals surface area contributed by atoms with Gasteiger partial charge in [-0.1, -0.05) is 0 Å². The van der Waals surface area contributed by atoms with Crippen LogP contribution in [0.5, 0.6) is 0 Å². The van der Waals surface area contributed by atoms with Gasteiger partial charge in [0.05, 0.1) is 0 Å². The highest BCUT2D eigenvalue weighted by Crippen LogP contribution is 2.71. The third-order valence-corrected chi connectivity index (χ3v) is 8.82. The van der Waals surface area contributed by atoms with E-state index < -0.39 is 7.94 Å². The van der Waals surface area contributed by atoms with Gasteiger partial charge < -0.3 is 0 Å². The zero-order valence-corrected chi connectivity index (χ0v) is 14.2. The van der Waals surface area contributed by atoms with Crippen molar-refractivity contribution >= 4 is 7.94 Å². The molecule has 3 aliphatic heterocycles. The Morgan fingerprint density at radius 1 is 0.650 bits per heavy atom. The summed E-state index contributed by atoms with van der Waals surface area (Å²) in [7, 11) is -1.70. The first kappa shape index (κ1) is 15.2. The highest BCUT2D eigenvalue weighted by molar-refractivity contribution is 7.64. The van der Waals surface area contributed by atoms with Crippen LogP contribution in [0, 0.1) is 0 Å². The fraction of sp³-hybridized carbons (Fsp3) is 1.00. The lowest BCUT2D eigenvalue weighted by Gasteiger charge is -2.42. The molecule has 116 valence electrons. The Morgan fingerprint density at radius 2 is 0.950 bits per heavy atom. The van der Waals surface area contributed by atoms with Crippen LogP contribution in [0.4, 0.5) is 0 Å². The molecule has 0 bridgehead atoms. The number of hydrogen-bond acceptors (Lipinski definition) is 4. The SMILES string of the molecule is CC(C)O[P+](N1CCCC1)(N1CCCC1)N1CCCC1. The van der Waals surface area contributed by atoms with E-state index in [1.165, 1.54) is 77.8 Å². The molecule has 3 saturated heterocycles. The van der Waals surface area contributed by atoms with E-state index >= 15 is 0 Å². The van der Waals surface area contributed by atoms with E-state index in [4.69, 9.17) is 4.52 Å². The Kier molecular flexibility index (Phi) is 4.99. The normalized spacial score (nSPS) is 27.1. The molecule has 0 spiro atoms. The van der Waals surface area contributed by atoms with Crippen molar-refractivity contribution in [3.63, 3.8) is 0 Å². The van der Waals surface area contributed by atoms with E-state index in [-0.39, 0.29) is 0 Å². The van der Waals surface area contributed by atoms with Gasteiger partial charge in [0.2, 0.25) is 0 Å². The van der Waals surface area contributed by atoms with E-state index in [1.807, 2.05) is 0 Å². The van der Waals surface area contributed by atoms with Crippen molar-refractivity contribution in [2.24, 2.45) is 0 Å². The van der Waals surface area contributed by atoms with Gasteiger partial charge >= 0.3 is 7.94 Å². The second kappa shape index (κ2) is 6.58. The topological polar surface area (TPSA) is 19.0 Å². The number of hydrogen-bond donors (Lipinski definition) is 0. The summed E-state index contributed by atoms with van der Waals surface area (Å²) >= 11 is 0. The molecule has 0 saturated carbocycles. The first-order chi connectivity index (χ1) is 9.73. The lowest BCUT2D eigenvalue weighted by molar-refractivity contribution is 0.167. The van der Waals surface area contributed by atoms with Crippen LogP contribution in [0.1, 0.15) is 52.4 Å². The lowest BCUT2D eigenvalue weighted by atomic mass is 10.4. The van der Waals surface area contributed by atoms with E-state index in [1.54, 1.807) is 0 Å². The number of rotatable bonds is 5. The minimum absolute atomic E-state index is 0.324. The Bertz CT molecular complexity index is 267. The van der Waals surface area contributed by atoms with E-state index in [9.17, 15) is 0 Å². The average molecular weight is 300 g/mol. The van der Waals surface area contributed by atoms with Crippen molar-refractivity contribution in [1.82, 2.24) is 14.0 Å². The molecule has 0 atom stereocenters. The Hall–Kier alpha value is 0.270. The van der Waals surface area contributed by atoms with Crippen LogP contribution in [0.2, 0.25) is 0 Å². The highest BCUT2D eigenvalue weighted by Gasteiger charge is 2.61. The third kappa shape index (κ3) is 2.78. The summed E-state index contributed by atoms with van der Waals surface area (Å²) in [6.45, 7) is 11.9. The molecule has 0 radical (unpaired) electrons. The molecule has 0 aromatic rings. The van der Waals surface area contributed by atoms with E-state index in [0.717, 1.165) is 0 Å². The summed E-state index contributed by atoms with van der Waals surface area (Å²) in [6, 6.07) is 0. The van der Waals surface area contributed by atoms with Crippen LogP contribution in [0.25, 0.3) is 0 Å². The predicted molar refractivity (Wildman–Crippen MR) is 85.6 cm³/mol. The van der Waals surface area contributed by atoms with Gasteiger partial charge in [-0.25, -0.2) is 0 Å². The van der Waals surface area contributed by atoms with Crippen LogP contribution in [0.3, 0.4) is 0 Å². The van der Waals surface area contributed by atoms with Gasteiger partial charge in [0.1, 0.15) is 6.10 Å². The summed E-state index contributed by atoms with van der Waals surface area (Å²) < 4.78 is 15.0. The smallest absolute Gasteiger partial charge is 0.179 e. The molecule has 0 aliphatic carbocycles. The molecule has 0 aromatic carbocycles. The predicted octanol–water partition coefficient (Wildman–Crippen LogP) is 3.38. The summed E-state index contributed by atoms with van der Waals surface area (Å²) in [5.41, 5.74) is 0. The molecule has 0 aromatic heterocycles. The molecule has 3 fully saturated rings. The molecule has 0 amide bonds. The van der Waals surface area contributed by atoms with Crippen molar-refractivity contribution in [2.75, 3.05) is 39.3 Å². The third-order valence-electron chi connectivity index (χ3n) is 4.70. The molecule has 0 N–H and O–H groups in total. The van der Waals surface area contributed by atoms with E-state index in [0.29, 0.717) is 6.10 Å². The second-order valence-electron chi connectivity index (χ2n) is 6.65. The zero-order valence-electron chi connectivity index (χ0n) is 13.3. The van der Waals surface area contributed by atoms with Gasteiger partial charge in [-0.15, -0.1) is 14.0 Å². The monoisotopic (exact) mass is 300 g/mol. The Balaban J connectivity index is 1.91. The van der Waals surface area contributed by atoms with Crippen molar-refractivity contribution in [3.8, 4) is 0 Å². The number of nitrogens with zero attached hydrogens (tertiary/aromatic N) is 3. The first-order valence-corrected chi connectivity index (χ1v) is 10.1. The largest absolute Gasteiger partial charge is 0.371 e. The fourth-order valence-corrected chi connectivity index (χ4v) is 8.35. The maximum absolute atomic E-state index is 6.78. The first-order valence-electron chi connectivity index (χ1n) is 8.57. The van der Waals surface area contributed by atoms with Crippen molar-refractivity contribution in [3.05, 3.63) is 0 Å². The van der Waals surface area contributed by atoms with Crippen molar-refractivity contribution in [2.45, 2.75) is 58.5 Å². The molecule has 20 heavy (non-hydrogen) atoms. The summed E-state index contributed by atoms with van der Waals surface area (Å²) in [6.07, 6.45) is 8.44. The molecular weight excluding hydrogens is 269 g/mol. The average Bonchev–Trinajstić information content (AvgIpc) is 3.15. The standard InChI is InChI=1S/C15H31N3OP/c1-15(2)19-20(16-9-3-4-10-16,17-11-5-6-12-17)18-13-7-8-14-18/h15H,3-14H2,1-2H3/q+1. The van der Waals surface area contributed by atoms with Crippen molar-refractivity contribution < 1.29 is 4.52 Å². The second-order valence-corrected chi connectivity index (χ2v) is 9.58. The Morgan fingerprint density at radius 3 is 1.20 bits per heavy atom. The van der Waals surface area contributed by atoms with E-state index in [2.05, 4.69) is 27.9 Å². The summed E-state index contributed by atoms with van der Waals surface area (Å²) in [5.74, 6) is 0. The highest BCUT2D eigenvalue weighted by atomic mass is 31.2. The zero-order chi connectivity index (χ0) is 14.0. The minimum atomic E-state index is -1.70. The van der Waals surface area contributed by atoms with Gasteiger partial charge in [-0.3, -0.25) is 0 Å². The summed E-state index contributed by atoms with van der Waals surface area (Å²) in [4.78, 5) is 0. The molecule has 4 nitrogen and oxygen atoms in total. The fourth-order valence-electron chi connectivity index (χ4n) is 3.90. The van der Waals surface area contributed by atoms with Gasteiger partial charge in [0.25, 0.3) is 0 Å². The van der Waals surface area contributed by atoms with Crippen LogP contribution < -0.4 is 0 Å². The minimum Gasteiger partial charge on any atom is -0.179 e. The molecule has 0 unspecified atom stereocenters. The van der Waals surface area contributed by atoms with Gasteiger partial charge in [0, 0.05) is 39.3 Å². The van der Waals surface area contributed by atoms with Gasteiger partial charge in [-0.05, 0) is 52.4 Å². The van der Waals surface area contributed by atoms with Crippen LogP contribution >= 0.6 is 7.94 Å². The molecule has 5 heteroatoms. The van der Waals surface area contributed by atoms with Gasteiger partial charge in [0.15, 0.2) is 0 Å². The van der Waals surface area contributed by atoms with Gasteiger partial charge in [-0.2, -0.15) is 4.52 Å². The molecular formula is C15H31N3OP+. The molecule has 3 rings (SSSR count). The van der Waals surface area contributed by atoms with Crippen LogP contribution in [0.15, 0.2) is 0 Å². The maximum atomic E-state index is 6.78. The Labute approximate surface area is 125 Å². The lowest BCUT2D eigenvalue weighted by Crippen LogP contribution is -2.44. The molecule has 3 heterocycles. The molecule has 3 aliphatic rings. The van der Waals surface area contributed by atoms with Crippen LogP contribution in [-0.2, 0) is 4.52 Å². The van der Waals surface area contributed by atoms with Crippen molar-refractivity contribution in [1.29, 1.82) is 0 Å².